The minimum Gasteiger partial charge on any atom is -0.456 e. The number of phosphoric ester groups is 1. The average Bonchev–Trinajstić information content (AvgIpc) is 3.42. The van der Waals surface area contributed by atoms with Gasteiger partial charge in [-0.1, -0.05) is 48.5 Å². The number of nitrogens with one attached hydrogen (secondary N) is 1. The summed E-state index contributed by atoms with van der Waals surface area (Å²) >= 11 is 0. The van der Waals surface area contributed by atoms with Crippen LogP contribution in [0, 0.1) is 0 Å². The highest BCUT2D eigenvalue weighted by atomic mass is 31.3. The smallest absolute Gasteiger partial charge is 0.456 e. The van der Waals surface area contributed by atoms with Crippen LogP contribution in [0.1, 0.15) is 41.4 Å². The van der Waals surface area contributed by atoms with Crippen molar-refractivity contribution in [2.45, 2.75) is 49.9 Å². The second kappa shape index (κ2) is 15.7. The van der Waals surface area contributed by atoms with Crippen LogP contribution in [-0.2, 0) is 47.2 Å². The van der Waals surface area contributed by atoms with E-state index in [1.807, 2.05) is 0 Å². The van der Waals surface area contributed by atoms with Crippen LogP contribution in [0.2, 0.25) is 0 Å². The van der Waals surface area contributed by atoms with Crippen LogP contribution in [0.4, 0.5) is 5.82 Å². The number of anilines is 1. The number of hydrogen-bond donors (Lipinski definition) is 4. The summed E-state index contributed by atoms with van der Waals surface area (Å²) in [5, 5.41) is 3.19. The van der Waals surface area contributed by atoms with Gasteiger partial charge in [0.15, 0.2) is 0 Å². The third kappa shape index (κ3) is 10.5. The van der Waals surface area contributed by atoms with Crippen LogP contribution >= 0.6 is 23.2 Å². The normalized spacial score (nSPS) is 23.8. The van der Waals surface area contributed by atoms with Crippen molar-refractivity contribution in [3.05, 3.63) is 94.5 Å². The molecule has 2 saturated heterocycles. The summed E-state index contributed by atoms with van der Waals surface area (Å²) in [7, 11) is -15.9. The molecule has 3 aromatic rings. The Kier molecular flexibility index (Phi) is 11.8. The molecule has 1 aromatic heterocycles. The SMILES string of the molecule is O=C(OC1C[C@H](n2ccc(NC3CCOCC3)nc2=O)O[C@@H]1COP(=O)(O)OP(=O)(O)OP(=O)(O)Cc1ccccc1)c1ccccc1. The van der Waals surface area contributed by atoms with Gasteiger partial charge >= 0.3 is 34.9 Å². The lowest BCUT2D eigenvalue weighted by Crippen LogP contribution is -2.32. The van der Waals surface area contributed by atoms with E-state index in [1.54, 1.807) is 42.5 Å². The lowest BCUT2D eigenvalue weighted by atomic mass is 10.1. The molecule has 0 aliphatic carbocycles. The fraction of sp³-hybridized carbons (Fsp3) is 0.393. The zero-order valence-corrected chi connectivity index (χ0v) is 27.9. The molecule has 0 saturated carbocycles. The van der Waals surface area contributed by atoms with Crippen LogP contribution in [0.25, 0.3) is 0 Å². The first-order valence-electron chi connectivity index (χ1n) is 14.7. The molecule has 2 aliphatic rings. The molecule has 4 N–H and O–H groups in total. The molecular formula is C28H34N3O14P3. The topological polar surface area (TPSA) is 231 Å². The Bertz CT molecular complexity index is 1760. The lowest BCUT2D eigenvalue weighted by Gasteiger charge is -2.23. The van der Waals surface area contributed by atoms with Crippen LogP contribution in [0.5, 0.6) is 0 Å². The molecule has 20 heteroatoms. The summed E-state index contributed by atoms with van der Waals surface area (Å²) in [5.74, 6) is -0.413. The summed E-state index contributed by atoms with van der Waals surface area (Å²) in [6.07, 6.45) is -1.37. The maximum Gasteiger partial charge on any atom is 0.488 e. The number of nitrogens with zero attached hydrogens (tertiary/aromatic N) is 2. The Hall–Kier alpha value is -3.04. The van der Waals surface area contributed by atoms with Crippen molar-refractivity contribution in [3.8, 4) is 0 Å². The van der Waals surface area contributed by atoms with E-state index in [-0.39, 0.29) is 23.6 Å². The van der Waals surface area contributed by atoms with Crippen molar-refractivity contribution in [1.82, 2.24) is 9.55 Å². The fourth-order valence-electron chi connectivity index (χ4n) is 5.03. The first-order chi connectivity index (χ1) is 22.8. The standard InChI is InChI=1S/C28H34N3O14P3/c32-27(21-9-5-2-6-10-21)43-23-17-26(31-14-11-25(30-28(31)33)29-22-12-15-40-16-13-22)42-24(23)18-41-47(36,37)45-48(38,39)44-46(34,35)19-20-7-3-1-4-8-20/h1-11,14,22-24,26H,12-13,15-19H2,(H,34,35)(H,36,37)(H,38,39)(H,29,30,33)/t23?,24-,26-/m1/s1. The molecule has 260 valence electrons. The minimum atomic E-state index is -5.64. The average molecular weight is 730 g/mol. The number of aromatic nitrogens is 2. The number of carbonyl (C=O) groups excluding carboxylic acids is 1. The molecule has 6 atom stereocenters. The van der Waals surface area contributed by atoms with E-state index in [0.29, 0.717) is 19.0 Å². The molecule has 0 radical (unpaired) electrons. The van der Waals surface area contributed by atoms with Crippen molar-refractivity contribution in [1.29, 1.82) is 0 Å². The highest BCUT2D eigenvalue weighted by molar-refractivity contribution is 7.68. The second-order valence-electron chi connectivity index (χ2n) is 10.9. The summed E-state index contributed by atoms with van der Waals surface area (Å²) in [6, 6.07) is 17.3. The van der Waals surface area contributed by atoms with E-state index >= 15 is 0 Å². The van der Waals surface area contributed by atoms with E-state index in [0.717, 1.165) is 17.4 Å². The summed E-state index contributed by atoms with van der Waals surface area (Å²) in [5.41, 5.74) is -0.206. The Morgan fingerprint density at radius 1 is 0.938 bits per heavy atom. The van der Waals surface area contributed by atoms with Gasteiger partial charge in [0.25, 0.3) is 0 Å². The molecule has 0 amide bonds. The monoisotopic (exact) mass is 729 g/mol. The number of hydrogen-bond acceptors (Lipinski definition) is 13. The van der Waals surface area contributed by atoms with Gasteiger partial charge in [-0.15, -0.1) is 0 Å². The molecule has 48 heavy (non-hydrogen) atoms. The molecule has 2 fully saturated rings. The maximum absolute atomic E-state index is 13.0. The maximum atomic E-state index is 13.0. The van der Waals surface area contributed by atoms with Crippen LogP contribution in [0.3, 0.4) is 0 Å². The predicted octanol–water partition coefficient (Wildman–Crippen LogP) is 3.98. The number of ether oxygens (including phenoxy) is 3. The van der Waals surface area contributed by atoms with Gasteiger partial charge in [0, 0.05) is 31.9 Å². The summed E-state index contributed by atoms with van der Waals surface area (Å²) < 4.78 is 69.0. The number of carbonyl (C=O) groups is 1. The van der Waals surface area contributed by atoms with Crippen LogP contribution in [0.15, 0.2) is 77.7 Å². The zero-order chi connectivity index (χ0) is 34.4. The van der Waals surface area contributed by atoms with Crippen LogP contribution in [-0.4, -0.2) is 68.3 Å². The molecule has 17 nitrogen and oxygen atoms in total. The van der Waals surface area contributed by atoms with Gasteiger partial charge in [-0.25, -0.2) is 23.0 Å². The Morgan fingerprint density at radius 3 is 2.27 bits per heavy atom. The quantitative estimate of drug-likeness (QED) is 0.136. The van der Waals surface area contributed by atoms with Crippen LogP contribution < -0.4 is 11.0 Å². The first kappa shape index (κ1) is 36.2. The molecule has 4 unspecified atom stereocenters. The number of benzene rings is 2. The highest BCUT2D eigenvalue weighted by Crippen LogP contribution is 2.68. The highest BCUT2D eigenvalue weighted by Gasteiger charge is 2.44. The van der Waals surface area contributed by atoms with Gasteiger partial charge < -0.3 is 34.2 Å². The van der Waals surface area contributed by atoms with E-state index < -0.39 is 66.1 Å². The number of rotatable bonds is 14. The summed E-state index contributed by atoms with van der Waals surface area (Å²) in [6.45, 7) is 0.328. The molecule has 2 aliphatic heterocycles. The predicted molar refractivity (Wildman–Crippen MR) is 168 cm³/mol. The van der Waals surface area contributed by atoms with Gasteiger partial charge in [-0.2, -0.15) is 9.29 Å². The van der Waals surface area contributed by atoms with Crippen molar-refractivity contribution < 1.29 is 60.5 Å². The third-order valence-electron chi connectivity index (χ3n) is 7.23. The van der Waals surface area contributed by atoms with Crippen molar-refractivity contribution >= 4 is 35.0 Å². The Balaban J connectivity index is 1.26. The van der Waals surface area contributed by atoms with Crippen molar-refractivity contribution in [3.63, 3.8) is 0 Å². The van der Waals surface area contributed by atoms with Gasteiger partial charge in [-0.05, 0) is 36.6 Å². The van der Waals surface area contributed by atoms with Gasteiger partial charge in [0.2, 0.25) is 0 Å². The van der Waals surface area contributed by atoms with Gasteiger partial charge in [0.1, 0.15) is 24.3 Å². The van der Waals surface area contributed by atoms with E-state index in [1.165, 1.54) is 30.5 Å². The van der Waals surface area contributed by atoms with Gasteiger partial charge in [0.05, 0.1) is 18.3 Å². The van der Waals surface area contributed by atoms with Gasteiger partial charge in [-0.3, -0.25) is 13.7 Å². The minimum absolute atomic E-state index is 0.0803. The number of phosphoric acid groups is 2. The number of esters is 1. The largest absolute Gasteiger partial charge is 0.488 e. The van der Waals surface area contributed by atoms with E-state index in [2.05, 4.69) is 18.9 Å². The summed E-state index contributed by atoms with van der Waals surface area (Å²) in [4.78, 5) is 60.2. The third-order valence-corrected chi connectivity index (χ3v) is 12.0. The molecule has 2 aromatic carbocycles. The van der Waals surface area contributed by atoms with E-state index in [4.69, 9.17) is 18.7 Å². The van der Waals surface area contributed by atoms with E-state index in [9.17, 15) is 38.0 Å². The fourth-order valence-corrected chi connectivity index (χ4v) is 9.18. The molecular weight excluding hydrogens is 695 g/mol. The van der Waals surface area contributed by atoms with Crippen molar-refractivity contribution in [2.75, 3.05) is 25.1 Å². The molecule has 3 heterocycles. The molecule has 0 bridgehead atoms. The Labute approximate surface area is 274 Å². The van der Waals surface area contributed by atoms with Crippen molar-refractivity contribution in [2.24, 2.45) is 0 Å². The first-order valence-corrected chi connectivity index (χ1v) is 19.5. The molecule has 5 rings (SSSR count). The second-order valence-corrected chi connectivity index (χ2v) is 15.9. The Morgan fingerprint density at radius 2 is 1.60 bits per heavy atom. The lowest BCUT2D eigenvalue weighted by molar-refractivity contribution is -0.0511. The zero-order valence-electron chi connectivity index (χ0n) is 25.3. The molecule has 0 spiro atoms.